The van der Waals surface area contributed by atoms with Crippen LogP contribution >= 0.6 is 0 Å². The normalized spacial score (nSPS) is 20.7. The lowest BCUT2D eigenvalue weighted by Crippen LogP contribution is -2.49. The molecule has 0 N–H and O–H groups in total. The zero-order valence-electron chi connectivity index (χ0n) is 14.2. The van der Waals surface area contributed by atoms with E-state index in [1.54, 1.807) is 10.4 Å². The zero-order chi connectivity index (χ0) is 16.6. The van der Waals surface area contributed by atoms with Gasteiger partial charge in [0.2, 0.25) is 10.0 Å². The molecule has 1 heterocycles. The fourth-order valence-corrected chi connectivity index (χ4v) is 4.73. The first-order valence-corrected chi connectivity index (χ1v) is 9.73. The van der Waals surface area contributed by atoms with Crippen molar-refractivity contribution in [3.8, 4) is 5.75 Å². The van der Waals surface area contributed by atoms with Crippen molar-refractivity contribution in [1.29, 1.82) is 0 Å². The van der Waals surface area contributed by atoms with Crippen molar-refractivity contribution in [1.82, 2.24) is 9.21 Å². The molecule has 6 heteroatoms. The van der Waals surface area contributed by atoms with E-state index in [0.29, 0.717) is 23.7 Å². The molecule has 0 bridgehead atoms. The van der Waals surface area contributed by atoms with Crippen molar-refractivity contribution in [3.63, 3.8) is 0 Å². The molecule has 1 aromatic carbocycles. The molecule has 3 rings (SSSR count). The number of rotatable bonds is 5. The van der Waals surface area contributed by atoms with Crippen LogP contribution in [0.25, 0.3) is 0 Å². The number of methoxy groups -OCH3 is 1. The van der Waals surface area contributed by atoms with E-state index < -0.39 is 10.0 Å². The average Bonchev–Trinajstić information content (AvgIpc) is 3.34. The molecule has 1 aliphatic heterocycles. The molecular formula is C17H26N2O3S. The highest BCUT2D eigenvalue weighted by molar-refractivity contribution is 7.89. The third-order valence-electron chi connectivity index (χ3n) is 4.94. The van der Waals surface area contributed by atoms with Crippen LogP contribution in [-0.4, -0.2) is 57.5 Å². The van der Waals surface area contributed by atoms with Crippen LogP contribution in [0.5, 0.6) is 5.75 Å². The second-order valence-electron chi connectivity index (χ2n) is 6.74. The summed E-state index contributed by atoms with van der Waals surface area (Å²) < 4.78 is 32.9. The van der Waals surface area contributed by atoms with E-state index >= 15 is 0 Å². The number of aryl methyl sites for hydroxylation is 2. The SMILES string of the molecule is COc1cc(C)c(C)cc1S(=O)(=O)N1CCN(CC2CC2)CC1. The van der Waals surface area contributed by atoms with Crippen LogP contribution in [0.3, 0.4) is 0 Å². The molecule has 0 spiro atoms. The number of piperazine rings is 1. The lowest BCUT2D eigenvalue weighted by molar-refractivity contribution is 0.182. The van der Waals surface area contributed by atoms with Crippen LogP contribution in [-0.2, 0) is 10.0 Å². The summed E-state index contributed by atoms with van der Waals surface area (Å²) in [6.45, 7) is 7.79. The topological polar surface area (TPSA) is 49.9 Å². The molecule has 0 radical (unpaired) electrons. The molecule has 0 aromatic heterocycles. The van der Waals surface area contributed by atoms with Crippen molar-refractivity contribution < 1.29 is 13.2 Å². The first kappa shape index (κ1) is 16.7. The quantitative estimate of drug-likeness (QED) is 0.824. The summed E-state index contributed by atoms with van der Waals surface area (Å²) in [6, 6.07) is 3.55. The van der Waals surface area contributed by atoms with Crippen LogP contribution in [0.4, 0.5) is 0 Å². The van der Waals surface area contributed by atoms with E-state index in [0.717, 1.165) is 36.7 Å². The summed E-state index contributed by atoms with van der Waals surface area (Å²) >= 11 is 0. The second kappa shape index (κ2) is 6.42. The molecule has 0 unspecified atom stereocenters. The molecule has 0 amide bonds. The molecule has 1 aliphatic carbocycles. The van der Waals surface area contributed by atoms with Crippen LogP contribution in [0.15, 0.2) is 17.0 Å². The molecule has 2 aliphatic rings. The molecule has 5 nitrogen and oxygen atoms in total. The van der Waals surface area contributed by atoms with Crippen molar-refractivity contribution in [2.75, 3.05) is 39.8 Å². The van der Waals surface area contributed by atoms with Crippen LogP contribution < -0.4 is 4.74 Å². The summed E-state index contributed by atoms with van der Waals surface area (Å²) in [6.07, 6.45) is 2.66. The van der Waals surface area contributed by atoms with Gasteiger partial charge in [-0.1, -0.05) is 0 Å². The fraction of sp³-hybridized carbons (Fsp3) is 0.647. The summed E-state index contributed by atoms with van der Waals surface area (Å²) in [7, 11) is -1.97. The number of sulfonamides is 1. The monoisotopic (exact) mass is 338 g/mol. The van der Waals surface area contributed by atoms with Crippen LogP contribution in [0, 0.1) is 19.8 Å². The maximum absolute atomic E-state index is 13.0. The van der Waals surface area contributed by atoms with E-state index in [-0.39, 0.29) is 0 Å². The third kappa shape index (κ3) is 3.54. The van der Waals surface area contributed by atoms with Gasteiger partial charge in [0.15, 0.2) is 0 Å². The van der Waals surface area contributed by atoms with Gasteiger partial charge >= 0.3 is 0 Å². The highest BCUT2D eigenvalue weighted by Gasteiger charge is 2.33. The van der Waals surface area contributed by atoms with Crippen molar-refractivity contribution in [3.05, 3.63) is 23.3 Å². The predicted octanol–water partition coefficient (Wildman–Crippen LogP) is 2.03. The second-order valence-corrected chi connectivity index (χ2v) is 8.64. The Bertz CT molecular complexity index is 675. The van der Waals surface area contributed by atoms with Crippen molar-refractivity contribution in [2.45, 2.75) is 31.6 Å². The fourth-order valence-electron chi connectivity index (χ4n) is 3.08. The summed E-state index contributed by atoms with van der Waals surface area (Å²) in [5.41, 5.74) is 2.01. The summed E-state index contributed by atoms with van der Waals surface area (Å²) in [4.78, 5) is 2.68. The Kier molecular flexibility index (Phi) is 4.67. The Balaban J connectivity index is 1.77. The maximum Gasteiger partial charge on any atom is 0.246 e. The Morgan fingerprint density at radius 1 is 1.09 bits per heavy atom. The smallest absolute Gasteiger partial charge is 0.246 e. The minimum Gasteiger partial charge on any atom is -0.495 e. The summed E-state index contributed by atoms with van der Waals surface area (Å²) in [5, 5.41) is 0. The first-order valence-electron chi connectivity index (χ1n) is 8.29. The largest absolute Gasteiger partial charge is 0.495 e. The molecule has 2 fully saturated rings. The highest BCUT2D eigenvalue weighted by atomic mass is 32.2. The Labute approximate surface area is 139 Å². The van der Waals surface area contributed by atoms with Gasteiger partial charge in [0.05, 0.1) is 7.11 Å². The number of ether oxygens (including phenoxy) is 1. The lowest BCUT2D eigenvalue weighted by atomic mass is 10.1. The molecule has 1 aromatic rings. The van der Waals surface area contributed by atoms with Gasteiger partial charge in [-0.15, -0.1) is 0 Å². The van der Waals surface area contributed by atoms with E-state index in [1.165, 1.54) is 20.0 Å². The maximum atomic E-state index is 13.0. The summed E-state index contributed by atoms with van der Waals surface area (Å²) in [5.74, 6) is 1.28. The van der Waals surface area contributed by atoms with E-state index in [1.807, 2.05) is 19.9 Å². The van der Waals surface area contributed by atoms with E-state index in [2.05, 4.69) is 4.90 Å². The molecule has 0 atom stereocenters. The van der Waals surface area contributed by atoms with Gasteiger partial charge in [-0.25, -0.2) is 8.42 Å². The zero-order valence-corrected chi connectivity index (χ0v) is 15.0. The van der Waals surface area contributed by atoms with Crippen molar-refractivity contribution in [2.24, 2.45) is 5.92 Å². The Morgan fingerprint density at radius 3 is 2.26 bits per heavy atom. The predicted molar refractivity (Wildman–Crippen MR) is 90.4 cm³/mol. The number of hydrogen-bond donors (Lipinski definition) is 0. The van der Waals surface area contributed by atoms with E-state index in [4.69, 9.17) is 4.74 Å². The van der Waals surface area contributed by atoms with Crippen LogP contribution in [0.1, 0.15) is 24.0 Å². The van der Waals surface area contributed by atoms with Gasteiger partial charge in [-0.3, -0.25) is 0 Å². The van der Waals surface area contributed by atoms with Gasteiger partial charge in [-0.2, -0.15) is 4.31 Å². The van der Waals surface area contributed by atoms with Gasteiger partial charge in [0.25, 0.3) is 0 Å². The third-order valence-corrected chi connectivity index (χ3v) is 6.86. The minimum absolute atomic E-state index is 0.291. The van der Waals surface area contributed by atoms with E-state index in [9.17, 15) is 8.42 Å². The Morgan fingerprint density at radius 2 is 1.70 bits per heavy atom. The van der Waals surface area contributed by atoms with Gasteiger partial charge in [0, 0.05) is 32.7 Å². The Hall–Kier alpha value is -1.11. The minimum atomic E-state index is -3.50. The average molecular weight is 338 g/mol. The van der Waals surface area contributed by atoms with Crippen molar-refractivity contribution >= 4 is 10.0 Å². The number of hydrogen-bond acceptors (Lipinski definition) is 4. The molecule has 128 valence electrons. The van der Waals surface area contributed by atoms with Gasteiger partial charge in [-0.05, 0) is 55.9 Å². The number of nitrogens with zero attached hydrogens (tertiary/aromatic N) is 2. The highest BCUT2D eigenvalue weighted by Crippen LogP contribution is 2.32. The molecular weight excluding hydrogens is 312 g/mol. The van der Waals surface area contributed by atoms with Gasteiger partial charge < -0.3 is 9.64 Å². The van der Waals surface area contributed by atoms with Crippen LogP contribution in [0.2, 0.25) is 0 Å². The molecule has 23 heavy (non-hydrogen) atoms. The molecule has 1 saturated heterocycles. The number of benzene rings is 1. The molecule has 1 saturated carbocycles. The first-order chi connectivity index (χ1) is 10.9. The standard InChI is InChI=1S/C17H26N2O3S/c1-13-10-16(22-3)17(11-14(13)2)23(20,21)19-8-6-18(7-9-19)12-15-4-5-15/h10-11,15H,4-9,12H2,1-3H3. The lowest BCUT2D eigenvalue weighted by Gasteiger charge is -2.34. The van der Waals surface area contributed by atoms with Gasteiger partial charge in [0.1, 0.15) is 10.6 Å².